The minimum atomic E-state index is -0.384. The molecule has 0 aliphatic carbocycles. The van der Waals surface area contributed by atoms with E-state index in [4.69, 9.17) is 0 Å². The van der Waals surface area contributed by atoms with E-state index in [2.05, 4.69) is 19.2 Å². The monoisotopic (exact) mass is 222 g/mol. The highest BCUT2D eigenvalue weighted by Gasteiger charge is 2.05. The zero-order valence-electron chi connectivity index (χ0n) is 9.77. The van der Waals surface area contributed by atoms with Crippen LogP contribution in [-0.4, -0.2) is 11.5 Å². The van der Waals surface area contributed by atoms with Crippen LogP contribution in [0.5, 0.6) is 0 Å². The van der Waals surface area contributed by atoms with Crippen LogP contribution in [0.2, 0.25) is 0 Å². The van der Waals surface area contributed by atoms with Gasteiger partial charge in [0.1, 0.15) is 0 Å². The second-order valence-electron chi connectivity index (χ2n) is 3.87. The summed E-state index contributed by atoms with van der Waals surface area (Å²) in [7, 11) is 0. The van der Waals surface area contributed by atoms with E-state index in [0.29, 0.717) is 5.92 Å². The molecule has 0 radical (unpaired) electrons. The number of benzene rings is 1. The van der Waals surface area contributed by atoms with Crippen LogP contribution < -0.4 is 5.32 Å². The maximum Gasteiger partial charge on any atom is 0.269 e. The van der Waals surface area contributed by atoms with Crippen LogP contribution in [-0.2, 0) is 0 Å². The molecule has 0 fully saturated rings. The molecule has 0 aliphatic rings. The average molecular weight is 222 g/mol. The molecule has 0 aliphatic heterocycles. The zero-order valence-corrected chi connectivity index (χ0v) is 9.77. The van der Waals surface area contributed by atoms with Gasteiger partial charge in [-0.3, -0.25) is 10.1 Å². The first-order valence-electron chi connectivity index (χ1n) is 5.65. The van der Waals surface area contributed by atoms with Gasteiger partial charge in [-0.2, -0.15) is 0 Å². The van der Waals surface area contributed by atoms with Crippen molar-refractivity contribution in [1.82, 2.24) is 0 Å². The predicted molar refractivity (Wildman–Crippen MR) is 65.7 cm³/mol. The number of nitro benzene ring substituents is 1. The van der Waals surface area contributed by atoms with E-state index in [0.717, 1.165) is 25.1 Å². The Labute approximate surface area is 95.8 Å². The fourth-order valence-corrected chi connectivity index (χ4v) is 1.54. The van der Waals surface area contributed by atoms with Crippen molar-refractivity contribution in [1.29, 1.82) is 0 Å². The minimum Gasteiger partial charge on any atom is -0.385 e. The van der Waals surface area contributed by atoms with Crippen LogP contribution >= 0.6 is 0 Å². The smallest absolute Gasteiger partial charge is 0.269 e. The van der Waals surface area contributed by atoms with Crippen LogP contribution in [0.25, 0.3) is 0 Å². The highest BCUT2D eigenvalue weighted by atomic mass is 16.6. The molecule has 16 heavy (non-hydrogen) atoms. The SMILES string of the molecule is CCC(CC)CNc1ccc([N+](=O)[O-])cc1. The fraction of sp³-hybridized carbons (Fsp3) is 0.500. The Morgan fingerprint density at radius 1 is 1.25 bits per heavy atom. The molecule has 0 saturated heterocycles. The first kappa shape index (κ1) is 12.5. The van der Waals surface area contributed by atoms with Crippen LogP contribution in [0.3, 0.4) is 0 Å². The molecular formula is C12H18N2O2. The summed E-state index contributed by atoms with van der Waals surface area (Å²) in [5, 5.41) is 13.7. The molecule has 0 saturated carbocycles. The third-order valence-corrected chi connectivity index (χ3v) is 2.83. The fourth-order valence-electron chi connectivity index (χ4n) is 1.54. The number of anilines is 1. The Bertz CT molecular complexity index is 331. The van der Waals surface area contributed by atoms with Crippen molar-refractivity contribution in [2.45, 2.75) is 26.7 Å². The van der Waals surface area contributed by atoms with Gasteiger partial charge in [-0.1, -0.05) is 26.7 Å². The lowest BCUT2D eigenvalue weighted by Gasteiger charge is -2.13. The van der Waals surface area contributed by atoms with E-state index in [9.17, 15) is 10.1 Å². The lowest BCUT2D eigenvalue weighted by atomic mass is 10.0. The van der Waals surface area contributed by atoms with Gasteiger partial charge >= 0.3 is 0 Å². The molecule has 0 unspecified atom stereocenters. The molecule has 1 aromatic carbocycles. The third-order valence-electron chi connectivity index (χ3n) is 2.83. The van der Waals surface area contributed by atoms with E-state index in [1.165, 1.54) is 12.1 Å². The van der Waals surface area contributed by atoms with Gasteiger partial charge in [-0.25, -0.2) is 0 Å². The first-order chi connectivity index (χ1) is 7.67. The lowest BCUT2D eigenvalue weighted by Crippen LogP contribution is -2.12. The van der Waals surface area contributed by atoms with Crippen molar-refractivity contribution in [2.24, 2.45) is 5.92 Å². The largest absolute Gasteiger partial charge is 0.385 e. The van der Waals surface area contributed by atoms with Crippen molar-refractivity contribution in [3.63, 3.8) is 0 Å². The molecule has 0 atom stereocenters. The van der Waals surface area contributed by atoms with Crippen molar-refractivity contribution >= 4 is 11.4 Å². The zero-order chi connectivity index (χ0) is 12.0. The molecule has 1 N–H and O–H groups in total. The van der Waals surface area contributed by atoms with Crippen molar-refractivity contribution in [2.75, 3.05) is 11.9 Å². The standard InChI is InChI=1S/C12H18N2O2/c1-3-10(4-2)9-13-11-5-7-12(8-6-11)14(15)16/h5-8,10,13H,3-4,9H2,1-2H3. The molecule has 1 rings (SSSR count). The Hall–Kier alpha value is -1.58. The molecule has 4 heteroatoms. The number of nitrogens with zero attached hydrogens (tertiary/aromatic N) is 1. The molecule has 1 aromatic rings. The van der Waals surface area contributed by atoms with Gasteiger partial charge in [0.25, 0.3) is 5.69 Å². The number of rotatable bonds is 6. The summed E-state index contributed by atoms with van der Waals surface area (Å²) in [6, 6.07) is 6.55. The van der Waals surface area contributed by atoms with Crippen LogP contribution in [0, 0.1) is 16.0 Å². The normalized spacial score (nSPS) is 10.4. The Morgan fingerprint density at radius 2 is 1.81 bits per heavy atom. The highest BCUT2D eigenvalue weighted by Crippen LogP contribution is 2.16. The van der Waals surface area contributed by atoms with E-state index >= 15 is 0 Å². The first-order valence-corrected chi connectivity index (χ1v) is 5.65. The Morgan fingerprint density at radius 3 is 2.25 bits per heavy atom. The quantitative estimate of drug-likeness (QED) is 0.592. The predicted octanol–water partition coefficient (Wildman–Crippen LogP) is 3.44. The van der Waals surface area contributed by atoms with Gasteiger partial charge in [0.05, 0.1) is 4.92 Å². The summed E-state index contributed by atoms with van der Waals surface area (Å²) in [6.45, 7) is 5.27. The van der Waals surface area contributed by atoms with Gasteiger partial charge < -0.3 is 5.32 Å². The van der Waals surface area contributed by atoms with Crippen molar-refractivity contribution in [3.05, 3.63) is 34.4 Å². The molecule has 88 valence electrons. The van der Waals surface area contributed by atoms with E-state index < -0.39 is 0 Å². The second kappa shape index (κ2) is 6.10. The van der Waals surface area contributed by atoms with Crippen LogP contribution in [0.4, 0.5) is 11.4 Å². The van der Waals surface area contributed by atoms with Gasteiger partial charge in [0.2, 0.25) is 0 Å². The van der Waals surface area contributed by atoms with Gasteiger partial charge in [-0.15, -0.1) is 0 Å². The number of hydrogen-bond donors (Lipinski definition) is 1. The Balaban J connectivity index is 2.52. The van der Waals surface area contributed by atoms with Crippen LogP contribution in [0.1, 0.15) is 26.7 Å². The van der Waals surface area contributed by atoms with Gasteiger partial charge in [-0.05, 0) is 18.1 Å². The number of nitro groups is 1. The number of nitrogens with one attached hydrogen (secondary N) is 1. The lowest BCUT2D eigenvalue weighted by molar-refractivity contribution is -0.384. The van der Waals surface area contributed by atoms with E-state index in [-0.39, 0.29) is 10.6 Å². The average Bonchev–Trinajstić information content (AvgIpc) is 2.31. The number of hydrogen-bond acceptors (Lipinski definition) is 3. The summed E-state index contributed by atoms with van der Waals surface area (Å²) in [6.07, 6.45) is 2.30. The summed E-state index contributed by atoms with van der Waals surface area (Å²) in [5.41, 5.74) is 1.07. The van der Waals surface area contributed by atoms with E-state index in [1.54, 1.807) is 12.1 Å². The second-order valence-corrected chi connectivity index (χ2v) is 3.87. The number of non-ortho nitro benzene ring substituents is 1. The molecule has 0 amide bonds. The minimum absolute atomic E-state index is 0.132. The maximum absolute atomic E-state index is 10.5. The summed E-state index contributed by atoms with van der Waals surface area (Å²) in [5.74, 6) is 0.662. The molecule has 0 aromatic heterocycles. The molecular weight excluding hydrogens is 204 g/mol. The Kier molecular flexibility index (Phi) is 4.76. The topological polar surface area (TPSA) is 55.2 Å². The highest BCUT2D eigenvalue weighted by molar-refractivity contribution is 5.48. The molecule has 0 bridgehead atoms. The van der Waals surface area contributed by atoms with Gasteiger partial charge in [0.15, 0.2) is 0 Å². The molecule has 0 heterocycles. The molecule has 0 spiro atoms. The van der Waals surface area contributed by atoms with Crippen molar-refractivity contribution < 1.29 is 4.92 Å². The summed E-state index contributed by atoms with van der Waals surface area (Å²) < 4.78 is 0. The summed E-state index contributed by atoms with van der Waals surface area (Å²) >= 11 is 0. The maximum atomic E-state index is 10.5. The summed E-state index contributed by atoms with van der Waals surface area (Å²) in [4.78, 5) is 10.1. The van der Waals surface area contributed by atoms with Gasteiger partial charge in [0, 0.05) is 24.4 Å². The third kappa shape index (κ3) is 3.53. The molecule has 4 nitrogen and oxygen atoms in total. The van der Waals surface area contributed by atoms with Crippen LogP contribution in [0.15, 0.2) is 24.3 Å². The van der Waals surface area contributed by atoms with E-state index in [1.807, 2.05) is 0 Å². The van der Waals surface area contributed by atoms with Crippen molar-refractivity contribution in [3.8, 4) is 0 Å².